The van der Waals surface area contributed by atoms with Crippen LogP contribution in [-0.4, -0.2) is 30.9 Å². The summed E-state index contributed by atoms with van der Waals surface area (Å²) in [6, 6.07) is 0. The van der Waals surface area contributed by atoms with E-state index in [4.69, 9.17) is 0 Å². The van der Waals surface area contributed by atoms with Crippen molar-refractivity contribution in [3.05, 3.63) is 12.2 Å². The van der Waals surface area contributed by atoms with Gasteiger partial charge in [-0.3, -0.25) is 4.99 Å². The molecule has 0 aromatic carbocycles. The first-order valence-corrected chi connectivity index (χ1v) is 10.3. The fraction of sp³-hybridized carbons (Fsp3) is 0.857. The highest BCUT2D eigenvalue weighted by Crippen LogP contribution is 2.10. The maximum Gasteiger partial charge on any atom is 0.0851 e. The van der Waals surface area contributed by atoms with Crippen molar-refractivity contribution in [2.45, 2.75) is 96.8 Å². The van der Waals surface area contributed by atoms with Crippen LogP contribution in [0, 0.1) is 0 Å². The van der Waals surface area contributed by atoms with E-state index in [0.29, 0.717) is 0 Å². The number of aliphatic imine (C=N–C) groups is 1. The summed E-state index contributed by atoms with van der Waals surface area (Å²) in [4.78, 5) is 6.61. The Morgan fingerprint density at radius 1 is 0.783 bits per heavy atom. The van der Waals surface area contributed by atoms with Gasteiger partial charge < -0.3 is 4.90 Å². The molecule has 0 aromatic heterocycles. The minimum Gasteiger partial charge on any atom is -0.361 e. The molecule has 2 nitrogen and oxygen atoms in total. The average Bonchev–Trinajstić information content (AvgIpc) is 3.08. The topological polar surface area (TPSA) is 15.6 Å². The standard InChI is InChI=1S/C21H40N2/c1-2-3-4-5-6-7-8-9-10-11-12-13-14-15-16-17-19-23-20-18-22-21-23/h9-10,21H,2-8,11-20H2,1H3. The molecule has 1 aliphatic heterocycles. The number of rotatable bonds is 16. The monoisotopic (exact) mass is 320 g/mol. The number of unbranched alkanes of at least 4 members (excludes halogenated alkanes) is 12. The van der Waals surface area contributed by atoms with Crippen molar-refractivity contribution in [2.24, 2.45) is 4.99 Å². The van der Waals surface area contributed by atoms with Crippen LogP contribution in [0.4, 0.5) is 0 Å². The highest BCUT2D eigenvalue weighted by atomic mass is 15.2. The SMILES string of the molecule is CCCCCCCCC=CCCCCCCCCN1C=NCC1. The lowest BCUT2D eigenvalue weighted by molar-refractivity contribution is 0.439. The Morgan fingerprint density at radius 2 is 1.35 bits per heavy atom. The zero-order valence-electron chi connectivity index (χ0n) is 15.6. The fourth-order valence-corrected chi connectivity index (χ4v) is 3.15. The Hall–Kier alpha value is -0.790. The predicted octanol–water partition coefficient (Wildman–Crippen LogP) is 6.37. The lowest BCUT2D eigenvalue weighted by Crippen LogP contribution is -2.20. The summed E-state index contributed by atoms with van der Waals surface area (Å²) in [6.45, 7) is 5.65. The van der Waals surface area contributed by atoms with E-state index in [1.165, 1.54) is 96.4 Å². The molecule has 0 fully saturated rings. The van der Waals surface area contributed by atoms with Crippen molar-refractivity contribution in [2.75, 3.05) is 19.6 Å². The van der Waals surface area contributed by atoms with Gasteiger partial charge in [0.25, 0.3) is 0 Å². The van der Waals surface area contributed by atoms with Crippen LogP contribution >= 0.6 is 0 Å². The first-order valence-electron chi connectivity index (χ1n) is 10.3. The second kappa shape index (κ2) is 16.1. The Bertz CT molecular complexity index is 296. The van der Waals surface area contributed by atoms with Crippen LogP contribution in [0.5, 0.6) is 0 Å². The van der Waals surface area contributed by atoms with Crippen molar-refractivity contribution >= 4 is 6.34 Å². The van der Waals surface area contributed by atoms with Crippen LogP contribution < -0.4 is 0 Å². The van der Waals surface area contributed by atoms with Gasteiger partial charge in [-0.15, -0.1) is 0 Å². The molecular formula is C21H40N2. The molecule has 1 rings (SSSR count). The van der Waals surface area contributed by atoms with E-state index < -0.39 is 0 Å². The minimum absolute atomic E-state index is 1.01. The zero-order valence-corrected chi connectivity index (χ0v) is 15.6. The van der Waals surface area contributed by atoms with Crippen molar-refractivity contribution in [1.29, 1.82) is 0 Å². The average molecular weight is 321 g/mol. The van der Waals surface area contributed by atoms with Gasteiger partial charge in [0.05, 0.1) is 12.9 Å². The van der Waals surface area contributed by atoms with Gasteiger partial charge in [0.1, 0.15) is 0 Å². The van der Waals surface area contributed by atoms with Crippen LogP contribution in [0.1, 0.15) is 96.8 Å². The van der Waals surface area contributed by atoms with E-state index in [1.54, 1.807) is 0 Å². The molecule has 0 amide bonds. The summed E-state index contributed by atoms with van der Waals surface area (Å²) < 4.78 is 0. The van der Waals surface area contributed by atoms with Crippen LogP contribution in [0.3, 0.4) is 0 Å². The number of allylic oxidation sites excluding steroid dienone is 2. The Kier molecular flexibility index (Phi) is 14.2. The van der Waals surface area contributed by atoms with Gasteiger partial charge in [-0.2, -0.15) is 0 Å². The molecule has 23 heavy (non-hydrogen) atoms. The smallest absolute Gasteiger partial charge is 0.0851 e. The third-order valence-electron chi connectivity index (χ3n) is 4.72. The van der Waals surface area contributed by atoms with Gasteiger partial charge in [0, 0.05) is 13.1 Å². The zero-order chi connectivity index (χ0) is 16.4. The molecule has 0 saturated heterocycles. The fourth-order valence-electron chi connectivity index (χ4n) is 3.15. The molecule has 0 atom stereocenters. The summed E-state index contributed by atoms with van der Waals surface area (Å²) >= 11 is 0. The maximum atomic E-state index is 4.25. The van der Waals surface area contributed by atoms with Crippen LogP contribution in [0.15, 0.2) is 17.1 Å². The Balaban J connectivity index is 1.70. The highest BCUT2D eigenvalue weighted by Gasteiger charge is 2.03. The second-order valence-electron chi connectivity index (χ2n) is 7.00. The van der Waals surface area contributed by atoms with Crippen molar-refractivity contribution < 1.29 is 0 Å². The minimum atomic E-state index is 1.01. The van der Waals surface area contributed by atoms with Crippen LogP contribution in [0.2, 0.25) is 0 Å². The van der Waals surface area contributed by atoms with Gasteiger partial charge in [-0.05, 0) is 32.1 Å². The van der Waals surface area contributed by atoms with Gasteiger partial charge in [-0.25, -0.2) is 0 Å². The van der Waals surface area contributed by atoms with E-state index in [-0.39, 0.29) is 0 Å². The predicted molar refractivity (Wildman–Crippen MR) is 104 cm³/mol. The number of hydrogen-bond acceptors (Lipinski definition) is 2. The summed E-state index contributed by atoms with van der Waals surface area (Å²) in [5.74, 6) is 0. The molecule has 0 radical (unpaired) electrons. The lowest BCUT2D eigenvalue weighted by Gasteiger charge is -2.12. The molecule has 0 spiro atoms. The van der Waals surface area contributed by atoms with Crippen molar-refractivity contribution in [3.8, 4) is 0 Å². The number of nitrogens with zero attached hydrogens (tertiary/aromatic N) is 2. The van der Waals surface area contributed by atoms with Crippen LogP contribution in [-0.2, 0) is 0 Å². The molecule has 0 N–H and O–H groups in total. The van der Waals surface area contributed by atoms with E-state index in [1.807, 2.05) is 6.34 Å². The van der Waals surface area contributed by atoms with E-state index in [2.05, 4.69) is 29.0 Å². The van der Waals surface area contributed by atoms with Gasteiger partial charge in [-0.1, -0.05) is 76.9 Å². The quantitative estimate of drug-likeness (QED) is 0.238. The van der Waals surface area contributed by atoms with Gasteiger partial charge >= 0.3 is 0 Å². The van der Waals surface area contributed by atoms with Crippen LogP contribution in [0.25, 0.3) is 0 Å². The lowest BCUT2D eigenvalue weighted by atomic mass is 10.1. The molecular weight excluding hydrogens is 280 g/mol. The summed E-state index contributed by atoms with van der Waals surface area (Å²) in [7, 11) is 0. The molecule has 0 unspecified atom stereocenters. The van der Waals surface area contributed by atoms with Gasteiger partial charge in [0.15, 0.2) is 0 Å². The molecule has 1 aliphatic rings. The maximum absolute atomic E-state index is 4.25. The molecule has 0 aliphatic carbocycles. The third kappa shape index (κ3) is 13.4. The molecule has 1 heterocycles. The Morgan fingerprint density at radius 3 is 1.91 bits per heavy atom. The second-order valence-corrected chi connectivity index (χ2v) is 7.00. The molecule has 2 heteroatoms. The first kappa shape index (κ1) is 20.3. The van der Waals surface area contributed by atoms with Crippen molar-refractivity contribution in [1.82, 2.24) is 4.90 Å². The van der Waals surface area contributed by atoms with E-state index >= 15 is 0 Å². The normalized spacial score (nSPS) is 14.4. The molecule has 0 aromatic rings. The van der Waals surface area contributed by atoms with E-state index in [9.17, 15) is 0 Å². The summed E-state index contributed by atoms with van der Waals surface area (Å²) in [5.41, 5.74) is 0. The Labute approximate surface area is 145 Å². The first-order chi connectivity index (χ1) is 11.4. The molecule has 134 valence electrons. The largest absolute Gasteiger partial charge is 0.361 e. The van der Waals surface area contributed by atoms with Crippen molar-refractivity contribution in [3.63, 3.8) is 0 Å². The highest BCUT2D eigenvalue weighted by molar-refractivity contribution is 5.56. The van der Waals surface area contributed by atoms with E-state index in [0.717, 1.165) is 13.1 Å². The molecule has 0 bridgehead atoms. The summed E-state index contributed by atoms with van der Waals surface area (Å²) in [5, 5.41) is 0. The third-order valence-corrected chi connectivity index (χ3v) is 4.72. The summed E-state index contributed by atoms with van der Waals surface area (Å²) in [6.07, 6.45) is 26.2. The number of hydrogen-bond donors (Lipinski definition) is 0. The molecule has 0 saturated carbocycles. The van der Waals surface area contributed by atoms with Gasteiger partial charge in [0.2, 0.25) is 0 Å².